The van der Waals surface area contributed by atoms with Crippen molar-refractivity contribution in [3.8, 4) is 11.4 Å². The predicted octanol–water partition coefficient (Wildman–Crippen LogP) is 5.01. The van der Waals surface area contributed by atoms with Crippen LogP contribution in [0.4, 0.5) is 4.39 Å². The van der Waals surface area contributed by atoms with Crippen LogP contribution in [0.2, 0.25) is 0 Å². The first kappa shape index (κ1) is 16.7. The van der Waals surface area contributed by atoms with Gasteiger partial charge in [0.15, 0.2) is 0 Å². The number of hydrogen-bond acceptors (Lipinski definition) is 2. The number of nitrogens with zero attached hydrogens (tertiary/aromatic N) is 2. The van der Waals surface area contributed by atoms with Gasteiger partial charge in [-0.1, -0.05) is 58.4 Å². The number of fused-ring (bicyclic) bond motifs is 1. The minimum atomic E-state index is -0.339. The normalized spacial score (nSPS) is 11.0. The maximum Gasteiger partial charge on any atom is 0.261 e. The molecule has 0 fully saturated rings. The van der Waals surface area contributed by atoms with Crippen LogP contribution in [-0.2, 0) is 6.54 Å². The maximum atomic E-state index is 14.2. The van der Waals surface area contributed by atoms with Gasteiger partial charge in [0, 0.05) is 15.6 Å². The van der Waals surface area contributed by atoms with Gasteiger partial charge in [0.05, 0.1) is 17.4 Å². The monoisotopic (exact) mass is 408 g/mol. The highest BCUT2D eigenvalue weighted by Crippen LogP contribution is 2.22. The first-order chi connectivity index (χ1) is 12.6. The summed E-state index contributed by atoms with van der Waals surface area (Å²) >= 11 is 3.42. The second-order valence-electron chi connectivity index (χ2n) is 5.94. The van der Waals surface area contributed by atoms with Gasteiger partial charge in [-0.15, -0.1) is 0 Å². The molecule has 5 heteroatoms. The maximum absolute atomic E-state index is 14.2. The molecular weight excluding hydrogens is 395 g/mol. The van der Waals surface area contributed by atoms with Gasteiger partial charge < -0.3 is 0 Å². The fraction of sp³-hybridized carbons (Fsp3) is 0.0476. The Balaban J connectivity index is 1.98. The van der Waals surface area contributed by atoms with Crippen molar-refractivity contribution in [2.75, 3.05) is 0 Å². The predicted molar refractivity (Wildman–Crippen MR) is 105 cm³/mol. The number of hydrogen-bond donors (Lipinski definition) is 0. The molecule has 0 amide bonds. The average Bonchev–Trinajstić information content (AvgIpc) is 2.66. The number of aromatic nitrogens is 2. The van der Waals surface area contributed by atoms with Crippen molar-refractivity contribution >= 4 is 26.8 Å². The van der Waals surface area contributed by atoms with Crippen LogP contribution in [0, 0.1) is 5.82 Å². The second-order valence-corrected chi connectivity index (χ2v) is 6.86. The van der Waals surface area contributed by atoms with Crippen LogP contribution < -0.4 is 5.56 Å². The minimum Gasteiger partial charge on any atom is -0.288 e. The standard InChI is InChI=1S/C21H14BrFN2O/c22-16-11-9-14(10-12-16)20-24-19-8-4-2-6-17(19)21(26)25(20)13-15-5-1-3-7-18(15)23/h1-12H,13H2. The molecule has 128 valence electrons. The molecule has 0 aliphatic heterocycles. The smallest absolute Gasteiger partial charge is 0.261 e. The molecular formula is C21H14BrFN2O. The Labute approximate surface area is 157 Å². The van der Waals surface area contributed by atoms with E-state index in [1.165, 1.54) is 10.6 Å². The zero-order chi connectivity index (χ0) is 18.1. The zero-order valence-corrected chi connectivity index (χ0v) is 15.3. The number of rotatable bonds is 3. The highest BCUT2D eigenvalue weighted by molar-refractivity contribution is 9.10. The van der Waals surface area contributed by atoms with Gasteiger partial charge in [-0.05, 0) is 30.3 Å². The Morgan fingerprint density at radius 2 is 1.62 bits per heavy atom. The van der Waals surface area contributed by atoms with Crippen LogP contribution in [0.5, 0.6) is 0 Å². The lowest BCUT2D eigenvalue weighted by Crippen LogP contribution is -2.24. The third kappa shape index (κ3) is 3.06. The summed E-state index contributed by atoms with van der Waals surface area (Å²) in [5.41, 5.74) is 1.69. The fourth-order valence-electron chi connectivity index (χ4n) is 2.93. The van der Waals surface area contributed by atoms with Crippen molar-refractivity contribution in [1.29, 1.82) is 0 Å². The average molecular weight is 409 g/mol. The molecule has 1 aromatic heterocycles. The Morgan fingerprint density at radius 1 is 0.923 bits per heavy atom. The highest BCUT2D eigenvalue weighted by Gasteiger charge is 2.14. The number of benzene rings is 3. The Morgan fingerprint density at radius 3 is 2.38 bits per heavy atom. The van der Waals surface area contributed by atoms with E-state index in [2.05, 4.69) is 20.9 Å². The van der Waals surface area contributed by atoms with Crippen LogP contribution >= 0.6 is 15.9 Å². The molecule has 4 aromatic rings. The van der Waals surface area contributed by atoms with Crippen LogP contribution in [0.3, 0.4) is 0 Å². The van der Waals surface area contributed by atoms with Crippen molar-refractivity contribution in [3.05, 3.63) is 99.0 Å². The highest BCUT2D eigenvalue weighted by atomic mass is 79.9. The van der Waals surface area contributed by atoms with Gasteiger partial charge in [0.1, 0.15) is 11.6 Å². The lowest BCUT2D eigenvalue weighted by atomic mass is 10.1. The lowest BCUT2D eigenvalue weighted by molar-refractivity contribution is 0.596. The van der Waals surface area contributed by atoms with Gasteiger partial charge in [0.25, 0.3) is 5.56 Å². The summed E-state index contributed by atoms with van der Waals surface area (Å²) in [7, 11) is 0. The summed E-state index contributed by atoms with van der Waals surface area (Å²) in [5, 5.41) is 0.518. The van der Waals surface area contributed by atoms with Crippen LogP contribution in [0.15, 0.2) is 82.1 Å². The second kappa shape index (κ2) is 6.84. The number of halogens is 2. The minimum absolute atomic E-state index is 0.120. The molecule has 4 rings (SSSR count). The number of para-hydroxylation sites is 1. The Hall–Kier alpha value is -2.79. The molecule has 0 saturated carbocycles. The SMILES string of the molecule is O=c1c2ccccc2nc(-c2ccc(Br)cc2)n1Cc1ccccc1F. The molecule has 3 aromatic carbocycles. The van der Waals surface area contributed by atoms with Gasteiger partial charge in [-0.3, -0.25) is 9.36 Å². The molecule has 1 heterocycles. The van der Waals surface area contributed by atoms with Crippen LogP contribution in [0.1, 0.15) is 5.56 Å². The van der Waals surface area contributed by atoms with E-state index in [4.69, 9.17) is 0 Å². The first-order valence-corrected chi connectivity index (χ1v) is 8.92. The van der Waals surface area contributed by atoms with E-state index in [-0.39, 0.29) is 17.9 Å². The Bertz CT molecular complexity index is 1150. The van der Waals surface area contributed by atoms with Crippen molar-refractivity contribution < 1.29 is 4.39 Å². The van der Waals surface area contributed by atoms with Gasteiger partial charge >= 0.3 is 0 Å². The molecule has 0 atom stereocenters. The van der Waals surface area contributed by atoms with Gasteiger partial charge in [-0.25, -0.2) is 9.37 Å². The zero-order valence-electron chi connectivity index (χ0n) is 13.7. The summed E-state index contributed by atoms with van der Waals surface area (Å²) in [6, 6.07) is 21.2. The van der Waals surface area contributed by atoms with E-state index in [1.807, 2.05) is 36.4 Å². The first-order valence-electron chi connectivity index (χ1n) is 8.12. The topological polar surface area (TPSA) is 34.9 Å². The van der Waals surface area contributed by atoms with E-state index in [9.17, 15) is 9.18 Å². The molecule has 0 aliphatic carbocycles. The van der Waals surface area contributed by atoms with E-state index in [0.29, 0.717) is 22.3 Å². The van der Waals surface area contributed by atoms with Gasteiger partial charge in [-0.2, -0.15) is 0 Å². The third-order valence-corrected chi connectivity index (χ3v) is 4.78. The Kier molecular flexibility index (Phi) is 4.39. The molecule has 0 unspecified atom stereocenters. The van der Waals surface area contributed by atoms with Crippen molar-refractivity contribution in [2.45, 2.75) is 6.54 Å². The quantitative estimate of drug-likeness (QED) is 0.477. The summed E-state index contributed by atoms with van der Waals surface area (Å²) < 4.78 is 16.6. The molecule has 0 N–H and O–H groups in total. The summed E-state index contributed by atoms with van der Waals surface area (Å²) in [6.07, 6.45) is 0. The molecule has 0 aliphatic rings. The fourth-order valence-corrected chi connectivity index (χ4v) is 3.20. The third-order valence-electron chi connectivity index (χ3n) is 4.25. The summed E-state index contributed by atoms with van der Waals surface area (Å²) in [6.45, 7) is 0.120. The molecule has 0 radical (unpaired) electrons. The van der Waals surface area contributed by atoms with E-state index in [0.717, 1.165) is 10.0 Å². The summed E-state index contributed by atoms with van der Waals surface area (Å²) in [4.78, 5) is 17.8. The van der Waals surface area contributed by atoms with E-state index < -0.39 is 0 Å². The molecule has 0 bridgehead atoms. The van der Waals surface area contributed by atoms with Crippen LogP contribution in [-0.4, -0.2) is 9.55 Å². The molecule has 0 saturated heterocycles. The van der Waals surface area contributed by atoms with Crippen molar-refractivity contribution in [3.63, 3.8) is 0 Å². The van der Waals surface area contributed by atoms with Gasteiger partial charge in [0.2, 0.25) is 0 Å². The van der Waals surface area contributed by atoms with Crippen molar-refractivity contribution in [1.82, 2.24) is 9.55 Å². The molecule has 26 heavy (non-hydrogen) atoms. The largest absolute Gasteiger partial charge is 0.288 e. The van der Waals surface area contributed by atoms with E-state index >= 15 is 0 Å². The lowest BCUT2D eigenvalue weighted by Gasteiger charge is -2.14. The summed E-state index contributed by atoms with van der Waals surface area (Å²) in [5.74, 6) is 0.179. The van der Waals surface area contributed by atoms with E-state index in [1.54, 1.807) is 30.3 Å². The molecule has 0 spiro atoms. The van der Waals surface area contributed by atoms with Crippen LogP contribution in [0.25, 0.3) is 22.3 Å². The van der Waals surface area contributed by atoms with Crippen molar-refractivity contribution in [2.24, 2.45) is 0 Å². The molecule has 3 nitrogen and oxygen atoms in total.